The van der Waals surface area contributed by atoms with Gasteiger partial charge in [0.05, 0.1) is 11.0 Å². The molecule has 2 aliphatic heterocycles. The molecule has 2 fully saturated rings. The van der Waals surface area contributed by atoms with Crippen LogP contribution in [-0.4, -0.2) is 71.0 Å². The van der Waals surface area contributed by atoms with Gasteiger partial charge in [0.15, 0.2) is 3.84 Å². The van der Waals surface area contributed by atoms with Crippen molar-refractivity contribution in [2.24, 2.45) is 16.8 Å². The van der Waals surface area contributed by atoms with E-state index < -0.39 is 0 Å². The molecule has 232 valence electrons. The maximum atomic E-state index is 4.93. The summed E-state index contributed by atoms with van der Waals surface area (Å²) in [5, 5.41) is 3.56. The van der Waals surface area contributed by atoms with Crippen LogP contribution in [0.15, 0.2) is 41.2 Å². The average Bonchev–Trinajstić information content (AvgIpc) is 3.47. The van der Waals surface area contributed by atoms with E-state index in [1.165, 1.54) is 53.7 Å². The number of aromatic nitrogens is 3. The standard InChI is InChI=1S/C34H43I2N7.U/c1-7-24-12-27(13-30-32(24)39-22(6)43(30)21(4)5)28-14-31(37-17-29(28)35)40-34-36-15-23(16-38-34)18-41-19-25-10-11-26(20-41)33(25)42(8-2)9-3;/h12-17,21,25-26,33H,2-3,7-11,18-20H2,1,4-6H3,(H,37,38,40);/q-2;+2. The van der Waals surface area contributed by atoms with Crippen LogP contribution in [0, 0.1) is 67.3 Å². The number of aliphatic imine (C=N–C) groups is 1. The van der Waals surface area contributed by atoms with Crippen LogP contribution in [0.5, 0.6) is 0 Å². The minimum absolute atomic E-state index is 0. The number of fused-ring (bicyclic) bond motifs is 3. The smallest absolute Gasteiger partial charge is 0.359 e. The third kappa shape index (κ3) is 7.10. The second kappa shape index (κ2) is 15.1. The van der Waals surface area contributed by atoms with Gasteiger partial charge in [-0.05, 0) is 134 Å². The molecule has 0 spiro atoms. The van der Waals surface area contributed by atoms with E-state index in [0.29, 0.717) is 12.1 Å². The topological polar surface area (TPSA) is 61.6 Å². The zero-order chi connectivity index (χ0) is 30.2. The number of nitrogens with one attached hydrogen (secondary N) is 1. The number of likely N-dealkylation sites (tertiary alicyclic amines) is 1. The van der Waals surface area contributed by atoms with E-state index in [1.807, 2.05) is 6.20 Å². The van der Waals surface area contributed by atoms with Crippen molar-refractivity contribution in [2.75, 3.05) is 38.0 Å². The van der Waals surface area contributed by atoms with Crippen LogP contribution >= 0.6 is 43.3 Å². The molecule has 3 aliphatic rings. The molecule has 1 saturated carbocycles. The van der Waals surface area contributed by atoms with E-state index in [2.05, 4.69) is 112 Å². The molecule has 2 aromatic heterocycles. The van der Waals surface area contributed by atoms with Crippen LogP contribution in [-0.2, 0) is 6.42 Å². The second-order valence-corrected chi connectivity index (χ2v) is 15.7. The summed E-state index contributed by atoms with van der Waals surface area (Å²) in [7, 11) is 0. The zero-order valence-corrected chi connectivity index (χ0v) is 34.8. The molecular formula is C34H43I2N7U. The molecular weight excluding hydrogens is 998 g/mol. The molecule has 4 heterocycles. The molecule has 44 heavy (non-hydrogen) atoms. The summed E-state index contributed by atoms with van der Waals surface area (Å²) in [6, 6.07) is 7.80. The molecule has 3 aromatic rings. The molecule has 6 rings (SSSR count). The van der Waals surface area contributed by atoms with Gasteiger partial charge in [0, 0.05) is 53.2 Å². The van der Waals surface area contributed by atoms with Gasteiger partial charge in [-0.3, -0.25) is 4.90 Å². The fourth-order valence-electron chi connectivity index (χ4n) is 7.43. The Kier molecular flexibility index (Phi) is 11.9. The summed E-state index contributed by atoms with van der Waals surface area (Å²) in [6.07, 6.45) is 7.66. The van der Waals surface area contributed by atoms with E-state index >= 15 is 0 Å². The third-order valence-corrected chi connectivity index (χ3v) is 12.4. The summed E-state index contributed by atoms with van der Waals surface area (Å²) in [5.74, 6) is 3.40. The van der Waals surface area contributed by atoms with Gasteiger partial charge in [0.25, 0.3) is 0 Å². The fourth-order valence-corrected chi connectivity index (χ4v) is 9.82. The minimum atomic E-state index is -0.352. The van der Waals surface area contributed by atoms with Crippen LogP contribution < -0.4 is 5.32 Å². The van der Waals surface area contributed by atoms with Crippen LogP contribution in [0.3, 0.4) is 0 Å². The van der Waals surface area contributed by atoms with Gasteiger partial charge in [-0.2, -0.15) is 0 Å². The Bertz CT molecular complexity index is 1580. The number of imidazole rings is 1. The van der Waals surface area contributed by atoms with Crippen molar-refractivity contribution >= 4 is 68.0 Å². The van der Waals surface area contributed by atoms with Crippen molar-refractivity contribution in [1.82, 2.24) is 24.3 Å². The van der Waals surface area contributed by atoms with Crippen molar-refractivity contribution < 1.29 is 31.1 Å². The van der Waals surface area contributed by atoms with Gasteiger partial charge in [-0.1, -0.05) is 6.92 Å². The summed E-state index contributed by atoms with van der Waals surface area (Å²) < 4.78 is 6.96. The monoisotopic (exact) mass is 1040 g/mol. The molecule has 2 unspecified atom stereocenters. The summed E-state index contributed by atoms with van der Waals surface area (Å²) >= 11 is 2.05. The molecule has 2 bridgehead atoms. The van der Waals surface area contributed by atoms with Gasteiger partial charge in [0.1, 0.15) is 11.6 Å². The van der Waals surface area contributed by atoms with Gasteiger partial charge in [0.2, 0.25) is 0 Å². The number of anilines is 1. The number of hydrogen-bond donors (Lipinski definition) is 1. The number of benzene rings is 1. The number of aryl methyl sites for hydroxylation is 2. The maximum absolute atomic E-state index is 4.93. The number of piperidine rings is 1. The van der Waals surface area contributed by atoms with Crippen molar-refractivity contribution in [2.45, 2.75) is 59.0 Å². The number of pyridine rings is 1. The normalized spacial score (nSPS) is 21.8. The number of nitrogens with zero attached hydrogens (tertiary/aromatic N) is 6. The molecule has 1 aliphatic carbocycles. The zero-order valence-electron chi connectivity index (χ0n) is 26.3. The molecule has 10 heteroatoms. The second-order valence-electron chi connectivity index (χ2n) is 12.3. The predicted octanol–water partition coefficient (Wildman–Crippen LogP) is 7.27. The van der Waals surface area contributed by atoms with Gasteiger partial charge < -0.3 is 28.6 Å². The SMILES string of the molecule is [CH2-]CN(C[CH2-])C1C2CCC1CN(CC1=CN=C(Nc3cc(-c4cc(CC)c5nc(C)n(C(C)C)c5c4)c(I)cn3)I=C1)C2.[U+2]. The summed E-state index contributed by atoms with van der Waals surface area (Å²) in [5.41, 5.74) is 7.37. The Morgan fingerprint density at radius 3 is 2.48 bits per heavy atom. The van der Waals surface area contributed by atoms with Crippen molar-refractivity contribution in [3.05, 3.63) is 65.0 Å². The van der Waals surface area contributed by atoms with Gasteiger partial charge in [-0.25, -0.2) is 15.0 Å². The maximum Gasteiger partial charge on any atom is 2.00 e. The molecule has 2 atom stereocenters. The first-order valence-electron chi connectivity index (χ1n) is 15.5. The predicted molar refractivity (Wildman–Crippen MR) is 198 cm³/mol. The Labute approximate surface area is 310 Å². The van der Waals surface area contributed by atoms with E-state index in [-0.39, 0.29) is 51.8 Å². The number of hydrogen-bond acceptors (Lipinski definition) is 6. The van der Waals surface area contributed by atoms with E-state index in [4.69, 9.17) is 15.0 Å². The Hall–Kier alpha value is -0.648. The minimum Gasteiger partial charge on any atom is -0.359 e. The quantitative estimate of drug-likeness (QED) is 0.139. The van der Waals surface area contributed by atoms with Gasteiger partial charge in [-0.15, -0.1) is 13.1 Å². The molecule has 1 N–H and O–H groups in total. The Morgan fingerprint density at radius 1 is 1.14 bits per heavy atom. The third-order valence-electron chi connectivity index (χ3n) is 9.25. The van der Waals surface area contributed by atoms with E-state index in [9.17, 15) is 0 Å². The van der Waals surface area contributed by atoms with Crippen LogP contribution in [0.2, 0.25) is 0 Å². The first-order valence-corrected chi connectivity index (χ1v) is 18.9. The molecule has 1 aromatic carbocycles. The van der Waals surface area contributed by atoms with E-state index in [0.717, 1.165) is 62.5 Å². The van der Waals surface area contributed by atoms with Crippen molar-refractivity contribution in [3.63, 3.8) is 0 Å². The largest absolute Gasteiger partial charge is 2.00 e. The molecule has 1 saturated heterocycles. The summed E-state index contributed by atoms with van der Waals surface area (Å²) in [6.45, 7) is 22.2. The molecule has 7 nitrogen and oxygen atoms in total. The van der Waals surface area contributed by atoms with E-state index in [1.54, 1.807) is 0 Å². The van der Waals surface area contributed by atoms with Crippen LogP contribution in [0.25, 0.3) is 22.2 Å². The van der Waals surface area contributed by atoms with Crippen molar-refractivity contribution in [3.8, 4) is 11.1 Å². The Morgan fingerprint density at radius 2 is 1.86 bits per heavy atom. The van der Waals surface area contributed by atoms with Crippen LogP contribution in [0.4, 0.5) is 5.82 Å². The Balaban J connectivity index is 0.00000384. The molecule has 0 amide bonds. The van der Waals surface area contributed by atoms with Gasteiger partial charge >= 0.3 is 31.1 Å². The number of amidine groups is 1. The number of rotatable bonds is 9. The fraction of sp³-hybridized carbons (Fsp3) is 0.471. The van der Waals surface area contributed by atoms with Crippen LogP contribution in [0.1, 0.15) is 51.0 Å². The first kappa shape index (κ1) is 34.7. The molecule has 0 radical (unpaired) electrons. The average molecular weight is 1040 g/mol. The first-order chi connectivity index (χ1) is 20.8. The van der Waals surface area contributed by atoms with Crippen molar-refractivity contribution in [1.29, 1.82) is 0 Å². The summed E-state index contributed by atoms with van der Waals surface area (Å²) in [4.78, 5) is 19.7. The number of halogens is 2.